The van der Waals surface area contributed by atoms with Crippen LogP contribution in [0.3, 0.4) is 0 Å². The highest BCUT2D eigenvalue weighted by Crippen LogP contribution is 2.16. The highest BCUT2D eigenvalue weighted by atomic mass is 19.1. The van der Waals surface area contributed by atoms with Gasteiger partial charge in [0.05, 0.1) is 6.04 Å². The van der Waals surface area contributed by atoms with Crippen molar-refractivity contribution in [3.8, 4) is 0 Å². The Morgan fingerprint density at radius 1 is 1.19 bits per heavy atom. The van der Waals surface area contributed by atoms with Crippen LogP contribution in [0, 0.1) is 5.92 Å². The van der Waals surface area contributed by atoms with Gasteiger partial charge in [-0.3, -0.25) is 4.79 Å². The molecule has 2 N–H and O–H groups in total. The Kier molecular flexibility index (Phi) is 8.29. The van der Waals surface area contributed by atoms with Gasteiger partial charge in [-0.25, -0.2) is 9.18 Å². The largest absolute Gasteiger partial charge is 0.444 e. The molecule has 0 aliphatic rings. The number of amides is 2. The molecule has 0 saturated heterocycles. The lowest BCUT2D eigenvalue weighted by Crippen LogP contribution is -2.42. The normalized spacial score (nSPS) is 13.3. The summed E-state index contributed by atoms with van der Waals surface area (Å²) in [5, 5.41) is 5.25. The van der Waals surface area contributed by atoms with Crippen molar-refractivity contribution in [2.75, 3.05) is 0 Å². The third kappa shape index (κ3) is 8.65. The number of halogens is 1. The average molecular weight is 364 g/mol. The lowest BCUT2D eigenvalue weighted by molar-refractivity contribution is -0.120. The fraction of sp³-hybridized carbons (Fsp3) is 0.500. The fourth-order valence-electron chi connectivity index (χ4n) is 2.17. The summed E-state index contributed by atoms with van der Waals surface area (Å²) >= 11 is 0. The molecule has 0 heterocycles. The van der Waals surface area contributed by atoms with E-state index >= 15 is 0 Å². The van der Waals surface area contributed by atoms with E-state index in [1.165, 1.54) is 6.08 Å². The molecule has 5 nitrogen and oxygen atoms in total. The van der Waals surface area contributed by atoms with Crippen molar-refractivity contribution < 1.29 is 18.7 Å². The van der Waals surface area contributed by atoms with Gasteiger partial charge in [0.15, 0.2) is 0 Å². The van der Waals surface area contributed by atoms with Crippen LogP contribution in [-0.4, -0.2) is 23.6 Å². The lowest BCUT2D eigenvalue weighted by Gasteiger charge is -2.25. The molecule has 1 aromatic rings. The maximum absolute atomic E-state index is 14.4. The second-order valence-corrected chi connectivity index (χ2v) is 7.42. The van der Waals surface area contributed by atoms with E-state index in [4.69, 9.17) is 4.74 Å². The second-order valence-electron chi connectivity index (χ2n) is 7.42. The topological polar surface area (TPSA) is 67.4 Å². The van der Waals surface area contributed by atoms with Gasteiger partial charge in [-0.2, -0.15) is 0 Å². The number of rotatable bonds is 7. The predicted molar refractivity (Wildman–Crippen MR) is 100 cm³/mol. The van der Waals surface area contributed by atoms with Gasteiger partial charge in [0.2, 0.25) is 5.91 Å². The van der Waals surface area contributed by atoms with Crippen molar-refractivity contribution in [1.29, 1.82) is 0 Å². The summed E-state index contributed by atoms with van der Waals surface area (Å²) in [4.78, 5) is 23.8. The Morgan fingerprint density at radius 2 is 1.81 bits per heavy atom. The number of carbonyl (C=O) groups excluding carboxylic acids is 2. The molecule has 0 radical (unpaired) electrons. The Bertz CT molecular complexity index is 622. The third-order valence-corrected chi connectivity index (χ3v) is 3.45. The lowest BCUT2D eigenvalue weighted by atomic mass is 10.0. The van der Waals surface area contributed by atoms with E-state index in [2.05, 4.69) is 10.6 Å². The first-order valence-electron chi connectivity index (χ1n) is 8.74. The van der Waals surface area contributed by atoms with Crippen LogP contribution >= 0.6 is 0 Å². The van der Waals surface area contributed by atoms with E-state index < -0.39 is 23.6 Å². The van der Waals surface area contributed by atoms with Crippen LogP contribution in [-0.2, 0) is 16.1 Å². The zero-order valence-corrected chi connectivity index (χ0v) is 16.1. The van der Waals surface area contributed by atoms with Gasteiger partial charge >= 0.3 is 6.09 Å². The van der Waals surface area contributed by atoms with Crippen LogP contribution < -0.4 is 10.6 Å². The molecule has 0 bridgehead atoms. The molecule has 0 saturated carbocycles. The number of hydrogen-bond acceptors (Lipinski definition) is 3. The van der Waals surface area contributed by atoms with E-state index in [-0.39, 0.29) is 18.2 Å². The van der Waals surface area contributed by atoms with Crippen LogP contribution in [0.15, 0.2) is 42.2 Å². The maximum Gasteiger partial charge on any atom is 0.408 e. The quantitative estimate of drug-likeness (QED) is 0.765. The van der Waals surface area contributed by atoms with Crippen molar-refractivity contribution >= 4 is 12.0 Å². The van der Waals surface area contributed by atoms with Crippen molar-refractivity contribution in [2.45, 2.75) is 59.2 Å². The molecule has 2 amide bonds. The van der Waals surface area contributed by atoms with Gasteiger partial charge in [-0.15, -0.1) is 0 Å². The van der Waals surface area contributed by atoms with Gasteiger partial charge in [-0.1, -0.05) is 44.2 Å². The highest BCUT2D eigenvalue weighted by Gasteiger charge is 2.24. The monoisotopic (exact) mass is 364 g/mol. The number of benzene rings is 1. The van der Waals surface area contributed by atoms with Gasteiger partial charge in [-0.05, 0) is 38.3 Å². The SMILES string of the molecule is CC(C)[C@@H](NC(=O)OC(C)(C)C)/C(F)=C\CC(=O)NCc1ccccc1. The van der Waals surface area contributed by atoms with Crippen molar-refractivity contribution in [3.63, 3.8) is 0 Å². The summed E-state index contributed by atoms with van der Waals surface area (Å²) in [7, 11) is 0. The number of ether oxygens (including phenoxy) is 1. The smallest absolute Gasteiger partial charge is 0.408 e. The molecule has 1 aromatic carbocycles. The highest BCUT2D eigenvalue weighted by molar-refractivity contribution is 5.77. The molecule has 0 aliphatic heterocycles. The van der Waals surface area contributed by atoms with E-state index in [0.29, 0.717) is 6.54 Å². The summed E-state index contributed by atoms with van der Waals surface area (Å²) < 4.78 is 19.6. The first-order chi connectivity index (χ1) is 12.1. The van der Waals surface area contributed by atoms with Gasteiger partial charge in [0.25, 0.3) is 0 Å². The third-order valence-electron chi connectivity index (χ3n) is 3.45. The fourth-order valence-corrected chi connectivity index (χ4v) is 2.17. The summed E-state index contributed by atoms with van der Waals surface area (Å²) in [6.07, 6.45) is 0.411. The van der Waals surface area contributed by atoms with E-state index in [1.807, 2.05) is 30.3 Å². The van der Waals surface area contributed by atoms with Crippen LogP contribution in [0.4, 0.5) is 9.18 Å². The minimum absolute atomic E-state index is 0.0993. The first kappa shape index (κ1) is 21.7. The molecule has 0 spiro atoms. The second kappa shape index (κ2) is 9.94. The summed E-state index contributed by atoms with van der Waals surface area (Å²) in [6, 6.07) is 8.62. The molecular weight excluding hydrogens is 335 g/mol. The van der Waals surface area contributed by atoms with Crippen LogP contribution in [0.5, 0.6) is 0 Å². The molecule has 144 valence electrons. The Balaban J connectivity index is 2.57. The molecule has 26 heavy (non-hydrogen) atoms. The van der Waals surface area contributed by atoms with E-state index in [1.54, 1.807) is 34.6 Å². The zero-order chi connectivity index (χ0) is 19.7. The summed E-state index contributed by atoms with van der Waals surface area (Å²) in [5.41, 5.74) is 0.306. The van der Waals surface area contributed by atoms with Gasteiger partial charge < -0.3 is 15.4 Å². The molecule has 0 fully saturated rings. The molecule has 0 aromatic heterocycles. The zero-order valence-electron chi connectivity index (χ0n) is 16.1. The average Bonchev–Trinajstić information content (AvgIpc) is 2.54. The maximum atomic E-state index is 14.4. The van der Waals surface area contributed by atoms with E-state index in [9.17, 15) is 14.0 Å². The Labute approximate surface area is 155 Å². The molecule has 1 rings (SSSR count). The minimum atomic E-state index is -0.841. The number of nitrogens with one attached hydrogen (secondary N) is 2. The van der Waals surface area contributed by atoms with Crippen LogP contribution in [0.1, 0.15) is 46.6 Å². The molecule has 0 unspecified atom stereocenters. The van der Waals surface area contributed by atoms with Crippen molar-refractivity contribution in [1.82, 2.24) is 10.6 Å². The Morgan fingerprint density at radius 3 is 2.35 bits per heavy atom. The van der Waals surface area contributed by atoms with Crippen molar-refractivity contribution in [2.24, 2.45) is 5.92 Å². The molecule has 6 heteroatoms. The number of hydrogen-bond donors (Lipinski definition) is 2. The number of alkyl carbamates (subject to hydrolysis) is 1. The summed E-state index contributed by atoms with van der Waals surface area (Å²) in [5.74, 6) is -1.03. The van der Waals surface area contributed by atoms with Crippen LogP contribution in [0.25, 0.3) is 0 Å². The number of carbonyl (C=O) groups is 2. The standard InChI is InChI=1S/C20H29FN2O3/c1-14(2)18(23-19(25)26-20(3,4)5)16(21)11-12-17(24)22-13-15-9-7-6-8-10-15/h6-11,14,18H,12-13H2,1-5H3,(H,22,24)(H,23,25)/b16-11+/t18-/m1/s1. The predicted octanol–water partition coefficient (Wildman–Crippen LogP) is 4.10. The Hall–Kier alpha value is -2.37. The first-order valence-corrected chi connectivity index (χ1v) is 8.74. The minimum Gasteiger partial charge on any atom is -0.444 e. The summed E-state index contributed by atoms with van der Waals surface area (Å²) in [6.45, 7) is 9.16. The molecular formula is C20H29FN2O3. The molecule has 0 aliphatic carbocycles. The van der Waals surface area contributed by atoms with Gasteiger partial charge in [0.1, 0.15) is 11.4 Å². The van der Waals surface area contributed by atoms with Crippen molar-refractivity contribution in [3.05, 3.63) is 47.8 Å². The molecule has 1 atom stereocenters. The van der Waals surface area contributed by atoms with Gasteiger partial charge in [0, 0.05) is 13.0 Å². The van der Waals surface area contributed by atoms with E-state index in [0.717, 1.165) is 5.56 Å². The van der Waals surface area contributed by atoms with Crippen LogP contribution in [0.2, 0.25) is 0 Å².